The van der Waals surface area contributed by atoms with Gasteiger partial charge in [-0.2, -0.15) is 0 Å². The molecule has 9 nitrogen and oxygen atoms in total. The van der Waals surface area contributed by atoms with Crippen molar-refractivity contribution in [1.29, 1.82) is 0 Å². The maximum absolute atomic E-state index is 13.3. The Morgan fingerprint density at radius 2 is 2.05 bits per heavy atom. The molecule has 2 N–H and O–H groups in total. The third kappa shape index (κ3) is 6.63. The molecule has 2 aliphatic rings. The second-order valence-corrected chi connectivity index (χ2v) is 11.7. The summed E-state index contributed by atoms with van der Waals surface area (Å²) in [6.45, 7) is 6.96. The number of fused-ring (bicyclic) bond motifs is 1. The lowest BCUT2D eigenvalue weighted by molar-refractivity contribution is -0.0261. The number of hydrogen-bond donors (Lipinski definition) is 2. The second kappa shape index (κ2) is 11.4. The number of carbonyl (C=O) groups excluding carboxylic acids is 2. The Balaban J connectivity index is 1.42. The lowest BCUT2D eigenvalue weighted by atomic mass is 9.93. The molecule has 0 bridgehead atoms. The summed E-state index contributed by atoms with van der Waals surface area (Å²) < 4.78 is 10.9. The maximum atomic E-state index is 13.3. The fraction of sp³-hybridized carbons (Fsp3) is 0.448. The lowest BCUT2D eigenvalue weighted by Gasteiger charge is -2.32. The molecule has 1 aromatic carbocycles. The minimum atomic E-state index is -0.765. The molecule has 2 aromatic heterocycles. The highest BCUT2D eigenvalue weighted by atomic mass is 32.1. The highest BCUT2D eigenvalue weighted by Crippen LogP contribution is 2.27. The van der Waals surface area contributed by atoms with Crippen LogP contribution in [0.25, 0.3) is 11.3 Å². The van der Waals surface area contributed by atoms with Gasteiger partial charge >= 0.3 is 6.09 Å². The van der Waals surface area contributed by atoms with Gasteiger partial charge in [0.05, 0.1) is 42.2 Å². The molecule has 2 atom stereocenters. The summed E-state index contributed by atoms with van der Waals surface area (Å²) in [5, 5.41) is 15.2. The van der Waals surface area contributed by atoms with Crippen molar-refractivity contribution in [3.05, 3.63) is 69.3 Å². The number of nitrogens with one attached hydrogen (secondary N) is 1. The minimum absolute atomic E-state index is 0.190. The van der Waals surface area contributed by atoms with Crippen molar-refractivity contribution >= 4 is 23.3 Å². The maximum Gasteiger partial charge on any atom is 0.410 e. The Bertz CT molecular complexity index is 1320. The molecule has 3 aromatic rings. The van der Waals surface area contributed by atoms with Crippen LogP contribution in [0, 0.1) is 0 Å². The van der Waals surface area contributed by atoms with Gasteiger partial charge in [-0.05, 0) is 62.8 Å². The monoisotopic (exact) mass is 550 g/mol. The second-order valence-electron chi connectivity index (χ2n) is 11.0. The number of carbonyl (C=O) groups is 2. The number of thiazole rings is 1. The molecule has 206 valence electrons. The van der Waals surface area contributed by atoms with Crippen LogP contribution in [0.3, 0.4) is 0 Å². The van der Waals surface area contributed by atoms with E-state index in [4.69, 9.17) is 14.5 Å². The van der Waals surface area contributed by atoms with E-state index in [1.54, 1.807) is 16.2 Å². The third-order valence-corrected chi connectivity index (χ3v) is 7.46. The van der Waals surface area contributed by atoms with Crippen LogP contribution in [0.2, 0.25) is 0 Å². The van der Waals surface area contributed by atoms with Crippen molar-refractivity contribution in [2.45, 2.75) is 64.3 Å². The zero-order chi connectivity index (χ0) is 27.6. The number of amides is 2. The molecular formula is C29H34N4O5S. The Hall–Kier alpha value is -3.34. The van der Waals surface area contributed by atoms with Crippen LogP contribution >= 0.6 is 11.3 Å². The number of aliphatic hydroxyl groups is 1. The van der Waals surface area contributed by atoms with Gasteiger partial charge in [-0.25, -0.2) is 14.8 Å². The van der Waals surface area contributed by atoms with Crippen LogP contribution in [0.4, 0.5) is 4.79 Å². The molecule has 2 unspecified atom stereocenters. The van der Waals surface area contributed by atoms with E-state index in [1.807, 2.05) is 37.7 Å². The number of benzene rings is 1. The molecule has 2 amide bonds. The van der Waals surface area contributed by atoms with Crippen LogP contribution in [-0.4, -0.2) is 69.5 Å². The normalized spacial score (nSPS) is 19.3. The molecule has 1 fully saturated rings. The van der Waals surface area contributed by atoms with E-state index < -0.39 is 23.8 Å². The number of pyridine rings is 1. The van der Waals surface area contributed by atoms with Crippen LogP contribution in [-0.2, 0) is 28.9 Å². The molecule has 10 heteroatoms. The number of hydrogen-bond acceptors (Lipinski definition) is 8. The molecule has 39 heavy (non-hydrogen) atoms. The third-order valence-electron chi connectivity index (χ3n) is 6.88. The number of aromatic nitrogens is 2. The molecule has 0 radical (unpaired) electrons. The summed E-state index contributed by atoms with van der Waals surface area (Å²) in [6, 6.07) is 9.72. The Morgan fingerprint density at radius 1 is 1.26 bits per heavy atom. The van der Waals surface area contributed by atoms with Crippen LogP contribution < -0.4 is 5.32 Å². The molecule has 0 saturated carbocycles. The lowest BCUT2D eigenvalue weighted by Crippen LogP contribution is -2.49. The number of ether oxygens (including phenoxy) is 2. The molecule has 2 aliphatic heterocycles. The topological polar surface area (TPSA) is 114 Å². The zero-order valence-corrected chi connectivity index (χ0v) is 23.3. The van der Waals surface area contributed by atoms with Crippen molar-refractivity contribution < 1.29 is 24.2 Å². The van der Waals surface area contributed by atoms with Crippen LogP contribution in [0.15, 0.2) is 41.2 Å². The predicted molar refractivity (Wildman–Crippen MR) is 148 cm³/mol. The van der Waals surface area contributed by atoms with Crippen molar-refractivity contribution in [3.63, 3.8) is 0 Å². The van der Waals surface area contributed by atoms with Gasteiger partial charge in [0, 0.05) is 24.1 Å². The highest BCUT2D eigenvalue weighted by Gasteiger charge is 2.30. The number of rotatable bonds is 5. The van der Waals surface area contributed by atoms with E-state index in [0.29, 0.717) is 38.1 Å². The van der Waals surface area contributed by atoms with Gasteiger partial charge in [-0.15, -0.1) is 11.3 Å². The van der Waals surface area contributed by atoms with E-state index in [2.05, 4.69) is 34.6 Å². The first-order valence-electron chi connectivity index (χ1n) is 13.2. The average Bonchev–Trinajstić information content (AvgIpc) is 3.44. The van der Waals surface area contributed by atoms with Crippen LogP contribution in [0.5, 0.6) is 0 Å². The molecule has 5 rings (SSSR count). The van der Waals surface area contributed by atoms with Crippen LogP contribution in [0.1, 0.15) is 60.1 Å². The average molecular weight is 551 g/mol. The SMILES string of the molecule is CC(C)(C)OC(=O)N1CCc2c(Cc3ccc(-c4cscn4)cc3)cc(C(=O)NC3CCOCC3O)nc2C1. The van der Waals surface area contributed by atoms with Gasteiger partial charge in [0.2, 0.25) is 0 Å². The molecule has 1 saturated heterocycles. The van der Waals surface area contributed by atoms with Gasteiger partial charge in [-0.3, -0.25) is 4.79 Å². The minimum Gasteiger partial charge on any atom is -0.444 e. The van der Waals surface area contributed by atoms with Crippen molar-refractivity contribution in [1.82, 2.24) is 20.2 Å². The Morgan fingerprint density at radius 3 is 2.74 bits per heavy atom. The Labute approximate surface area is 232 Å². The summed E-state index contributed by atoms with van der Waals surface area (Å²) in [4.78, 5) is 36.8. The number of aliphatic hydroxyl groups excluding tert-OH is 1. The van der Waals surface area contributed by atoms with E-state index in [1.165, 1.54) is 0 Å². The zero-order valence-electron chi connectivity index (χ0n) is 22.5. The summed E-state index contributed by atoms with van der Waals surface area (Å²) in [6.07, 6.45) is 0.610. The first kappa shape index (κ1) is 27.2. The van der Waals surface area contributed by atoms with Gasteiger partial charge in [-0.1, -0.05) is 24.3 Å². The summed E-state index contributed by atoms with van der Waals surface area (Å²) in [7, 11) is 0. The smallest absolute Gasteiger partial charge is 0.410 e. The standard InChI is InChI=1S/C29H34N4O5S/c1-29(2,3)38-28(36)33-10-8-21-20(12-18-4-6-19(7-5-18)25-16-39-17-30-25)13-23(31-24(21)14-33)27(35)32-22-9-11-37-15-26(22)34/h4-7,13,16-17,22,26,34H,8-12,14-15H2,1-3H3,(H,32,35). The molecular weight excluding hydrogens is 516 g/mol. The fourth-order valence-electron chi connectivity index (χ4n) is 4.88. The number of nitrogens with zero attached hydrogens (tertiary/aromatic N) is 3. The highest BCUT2D eigenvalue weighted by molar-refractivity contribution is 7.07. The fourth-order valence-corrected chi connectivity index (χ4v) is 5.44. The quantitative estimate of drug-likeness (QED) is 0.494. The van der Waals surface area contributed by atoms with E-state index in [9.17, 15) is 14.7 Å². The van der Waals surface area contributed by atoms with Gasteiger partial charge < -0.3 is 24.8 Å². The van der Waals surface area contributed by atoms with Gasteiger partial charge in [0.1, 0.15) is 11.3 Å². The van der Waals surface area contributed by atoms with E-state index >= 15 is 0 Å². The Kier molecular flexibility index (Phi) is 7.97. The first-order chi connectivity index (χ1) is 18.7. The van der Waals surface area contributed by atoms with Crippen molar-refractivity contribution in [2.75, 3.05) is 19.8 Å². The van der Waals surface area contributed by atoms with E-state index in [-0.39, 0.29) is 24.8 Å². The van der Waals surface area contributed by atoms with E-state index in [0.717, 1.165) is 27.9 Å². The van der Waals surface area contributed by atoms with Gasteiger partial charge in [0.15, 0.2) is 0 Å². The largest absolute Gasteiger partial charge is 0.444 e. The van der Waals surface area contributed by atoms with Crippen molar-refractivity contribution in [2.24, 2.45) is 0 Å². The molecule has 0 spiro atoms. The van der Waals surface area contributed by atoms with Gasteiger partial charge in [0.25, 0.3) is 5.91 Å². The summed E-state index contributed by atoms with van der Waals surface area (Å²) in [5.41, 5.74) is 7.34. The van der Waals surface area contributed by atoms with Crippen molar-refractivity contribution in [3.8, 4) is 11.3 Å². The summed E-state index contributed by atoms with van der Waals surface area (Å²) in [5.74, 6) is -0.349. The molecule has 0 aliphatic carbocycles. The summed E-state index contributed by atoms with van der Waals surface area (Å²) >= 11 is 1.56. The predicted octanol–water partition coefficient (Wildman–Crippen LogP) is 3.97. The first-order valence-corrected chi connectivity index (χ1v) is 14.1. The molecule has 4 heterocycles.